The van der Waals surface area contributed by atoms with E-state index < -0.39 is 10.0 Å². The van der Waals surface area contributed by atoms with Crippen LogP contribution >= 0.6 is 0 Å². The van der Waals surface area contributed by atoms with Crippen LogP contribution in [-0.2, 0) is 10.0 Å². The second-order valence-corrected chi connectivity index (χ2v) is 4.75. The fourth-order valence-electron chi connectivity index (χ4n) is 0.943. The first-order valence-electron chi connectivity index (χ1n) is 4.24. The van der Waals surface area contributed by atoms with Gasteiger partial charge in [-0.1, -0.05) is 0 Å². The number of rotatable bonds is 4. The van der Waals surface area contributed by atoms with Crippen LogP contribution in [0.25, 0.3) is 0 Å². The van der Waals surface area contributed by atoms with Gasteiger partial charge in [-0.2, -0.15) is 9.97 Å². The zero-order valence-electron chi connectivity index (χ0n) is 8.52. The van der Waals surface area contributed by atoms with Crippen molar-refractivity contribution in [3.63, 3.8) is 0 Å². The van der Waals surface area contributed by atoms with Crippen molar-refractivity contribution < 1.29 is 13.2 Å². The van der Waals surface area contributed by atoms with Gasteiger partial charge in [-0.3, -0.25) is 0 Å². The Morgan fingerprint density at radius 3 is 2.33 bits per heavy atom. The van der Waals surface area contributed by atoms with Crippen molar-refractivity contribution >= 4 is 10.0 Å². The van der Waals surface area contributed by atoms with Crippen LogP contribution in [0.2, 0.25) is 0 Å². The maximum absolute atomic E-state index is 10.6. The van der Waals surface area contributed by atoms with E-state index in [1.807, 2.05) is 0 Å². The number of nitrogens with two attached hydrogens (primary N) is 1. The summed E-state index contributed by atoms with van der Waals surface area (Å²) in [4.78, 5) is 7.86. The third-order valence-electron chi connectivity index (χ3n) is 1.49. The zero-order valence-corrected chi connectivity index (χ0v) is 9.34. The maximum Gasteiger partial charge on any atom is 0.316 e. The second-order valence-electron chi connectivity index (χ2n) is 3.02. The second kappa shape index (κ2) is 4.54. The molecule has 0 aliphatic heterocycles. The molecule has 0 atom stereocenters. The molecule has 0 aliphatic carbocycles. The number of aromatic nitrogens is 2. The molecule has 6 nitrogen and oxygen atoms in total. The Labute approximate surface area is 88.5 Å². The summed E-state index contributed by atoms with van der Waals surface area (Å²) in [6.07, 6.45) is 0. The SMILES string of the molecule is Cc1[c]c(C)nc(OCCS(N)(=O)=O)n1. The van der Waals surface area contributed by atoms with Crippen LogP contribution in [0.15, 0.2) is 0 Å². The number of hydrogen-bond donors (Lipinski definition) is 1. The molecular weight excluding hydrogens is 218 g/mol. The van der Waals surface area contributed by atoms with Crippen molar-refractivity contribution in [2.45, 2.75) is 13.8 Å². The number of nitrogens with zero attached hydrogens (tertiary/aromatic N) is 2. The average Bonchev–Trinajstić information content (AvgIpc) is 1.99. The van der Waals surface area contributed by atoms with Gasteiger partial charge in [0, 0.05) is 6.07 Å². The molecule has 0 bridgehead atoms. The molecule has 0 aromatic carbocycles. The van der Waals surface area contributed by atoms with Crippen molar-refractivity contribution in [1.82, 2.24) is 9.97 Å². The standard InChI is InChI=1S/C8H12N3O3S/c1-6-5-7(2)11-8(10-6)14-3-4-15(9,12)13/h3-4H2,1-2H3,(H2,9,12,13). The Hall–Kier alpha value is -1.21. The first-order valence-corrected chi connectivity index (χ1v) is 5.96. The highest BCUT2D eigenvalue weighted by atomic mass is 32.2. The van der Waals surface area contributed by atoms with Gasteiger partial charge in [0.1, 0.15) is 6.61 Å². The van der Waals surface area contributed by atoms with Crippen LogP contribution in [0.1, 0.15) is 11.4 Å². The minimum atomic E-state index is -3.50. The lowest BCUT2D eigenvalue weighted by molar-refractivity contribution is 0.312. The molecule has 15 heavy (non-hydrogen) atoms. The lowest BCUT2D eigenvalue weighted by atomic mass is 10.4. The third kappa shape index (κ3) is 4.71. The molecular formula is C8H12N3O3S. The van der Waals surface area contributed by atoms with E-state index in [4.69, 9.17) is 9.88 Å². The summed E-state index contributed by atoms with van der Waals surface area (Å²) in [5.41, 5.74) is 1.29. The Morgan fingerprint density at radius 2 is 1.87 bits per heavy atom. The summed E-state index contributed by atoms with van der Waals surface area (Å²) in [6.45, 7) is 3.45. The van der Waals surface area contributed by atoms with Gasteiger partial charge < -0.3 is 4.74 Å². The molecule has 1 aromatic heterocycles. The van der Waals surface area contributed by atoms with Gasteiger partial charge in [0.2, 0.25) is 10.0 Å². The average molecular weight is 230 g/mol. The number of primary sulfonamides is 1. The third-order valence-corrected chi connectivity index (χ3v) is 2.22. The lowest BCUT2D eigenvalue weighted by Gasteiger charge is -2.04. The highest BCUT2D eigenvalue weighted by Gasteiger charge is 2.05. The monoisotopic (exact) mass is 230 g/mol. The first kappa shape index (κ1) is 11.9. The van der Waals surface area contributed by atoms with E-state index in [0.29, 0.717) is 11.4 Å². The molecule has 2 N–H and O–H groups in total. The van der Waals surface area contributed by atoms with E-state index in [2.05, 4.69) is 16.0 Å². The van der Waals surface area contributed by atoms with Gasteiger partial charge in [-0.25, -0.2) is 13.6 Å². The molecule has 1 aromatic rings. The lowest BCUT2D eigenvalue weighted by Crippen LogP contribution is -2.21. The van der Waals surface area contributed by atoms with Crippen LogP contribution in [-0.4, -0.2) is 30.7 Å². The Balaban J connectivity index is 2.58. The van der Waals surface area contributed by atoms with Gasteiger partial charge in [0.25, 0.3) is 0 Å². The summed E-state index contributed by atoms with van der Waals surface area (Å²) < 4.78 is 26.3. The van der Waals surface area contributed by atoms with E-state index in [-0.39, 0.29) is 18.4 Å². The summed E-state index contributed by atoms with van der Waals surface area (Å²) in [5, 5.41) is 4.80. The molecule has 0 saturated carbocycles. The molecule has 0 unspecified atom stereocenters. The van der Waals surface area contributed by atoms with Gasteiger partial charge in [0.15, 0.2) is 0 Å². The normalized spacial score (nSPS) is 11.4. The molecule has 1 heterocycles. The van der Waals surface area contributed by atoms with E-state index in [1.165, 1.54) is 0 Å². The predicted molar refractivity (Wildman–Crippen MR) is 53.8 cm³/mol. The van der Waals surface area contributed by atoms with Crippen molar-refractivity contribution in [3.05, 3.63) is 17.5 Å². The van der Waals surface area contributed by atoms with Gasteiger partial charge >= 0.3 is 6.01 Å². The topological polar surface area (TPSA) is 95.2 Å². The molecule has 7 heteroatoms. The molecule has 0 fully saturated rings. The van der Waals surface area contributed by atoms with Gasteiger partial charge in [-0.05, 0) is 13.8 Å². The van der Waals surface area contributed by atoms with Crippen molar-refractivity contribution in [2.75, 3.05) is 12.4 Å². The summed E-state index contributed by atoms with van der Waals surface area (Å²) in [6, 6.07) is 3.02. The molecule has 0 spiro atoms. The predicted octanol–water partition coefficient (Wildman–Crippen LogP) is -0.439. The minimum Gasteiger partial charge on any atom is -0.462 e. The number of ether oxygens (including phenoxy) is 1. The molecule has 1 radical (unpaired) electrons. The molecule has 83 valence electrons. The van der Waals surface area contributed by atoms with E-state index in [0.717, 1.165) is 0 Å². The van der Waals surface area contributed by atoms with Crippen LogP contribution in [0.4, 0.5) is 0 Å². The van der Waals surface area contributed by atoms with Crippen molar-refractivity contribution in [1.29, 1.82) is 0 Å². The van der Waals surface area contributed by atoms with Crippen LogP contribution in [0.5, 0.6) is 6.01 Å². The van der Waals surface area contributed by atoms with Crippen LogP contribution in [0, 0.1) is 19.9 Å². The molecule has 0 saturated heterocycles. The Bertz CT molecular complexity index is 424. The zero-order chi connectivity index (χ0) is 11.5. The summed E-state index contributed by atoms with van der Waals surface area (Å²) in [7, 11) is -3.50. The van der Waals surface area contributed by atoms with Gasteiger partial charge in [0.05, 0.1) is 17.1 Å². The van der Waals surface area contributed by atoms with E-state index in [1.54, 1.807) is 13.8 Å². The number of sulfonamides is 1. The first-order chi connectivity index (χ1) is 6.87. The largest absolute Gasteiger partial charge is 0.462 e. The smallest absolute Gasteiger partial charge is 0.316 e. The van der Waals surface area contributed by atoms with Gasteiger partial charge in [-0.15, -0.1) is 0 Å². The van der Waals surface area contributed by atoms with E-state index >= 15 is 0 Å². The quantitative estimate of drug-likeness (QED) is 0.756. The highest BCUT2D eigenvalue weighted by molar-refractivity contribution is 7.89. The maximum atomic E-state index is 10.6. The van der Waals surface area contributed by atoms with Crippen molar-refractivity contribution in [3.8, 4) is 6.01 Å². The number of aryl methyl sites for hydroxylation is 2. The molecule has 0 aliphatic rings. The summed E-state index contributed by atoms with van der Waals surface area (Å²) in [5.74, 6) is -0.257. The fourth-order valence-corrected chi connectivity index (χ4v) is 1.26. The van der Waals surface area contributed by atoms with Crippen molar-refractivity contribution in [2.24, 2.45) is 5.14 Å². The summed E-state index contributed by atoms with van der Waals surface area (Å²) >= 11 is 0. The Kier molecular flexibility index (Phi) is 3.59. The number of hydrogen-bond acceptors (Lipinski definition) is 5. The van der Waals surface area contributed by atoms with Crippen LogP contribution in [0.3, 0.4) is 0 Å². The molecule has 0 amide bonds. The van der Waals surface area contributed by atoms with Crippen LogP contribution < -0.4 is 9.88 Å². The van der Waals surface area contributed by atoms with E-state index in [9.17, 15) is 8.42 Å². The fraction of sp³-hybridized carbons (Fsp3) is 0.500. The highest BCUT2D eigenvalue weighted by Crippen LogP contribution is 2.04. The Morgan fingerprint density at radius 1 is 1.33 bits per heavy atom. The minimum absolute atomic E-state index is 0.0538. The molecule has 1 rings (SSSR count).